The number of nitrogens with two attached hydrogens (primary N) is 1. The van der Waals surface area contributed by atoms with Crippen molar-refractivity contribution >= 4 is 28.9 Å². The van der Waals surface area contributed by atoms with Gasteiger partial charge in [0, 0.05) is 12.6 Å². The van der Waals surface area contributed by atoms with E-state index in [-0.39, 0.29) is 22.8 Å². The summed E-state index contributed by atoms with van der Waals surface area (Å²) in [5.41, 5.74) is 8.99. The molecule has 1 amide bonds. The van der Waals surface area contributed by atoms with Crippen LogP contribution in [0.25, 0.3) is 11.1 Å². The standard InChI is InChI=1S/C21H18N2O3/c1-14(24)23(20-18(21(25)26)8-5-9-19(20)22)17-12-10-16(11-13-17)15-6-3-2-4-7-15/h2-13H,22H2,1H3,(H,25,26). The predicted molar refractivity (Wildman–Crippen MR) is 103 cm³/mol. The number of carboxylic acid groups (broad SMARTS) is 1. The van der Waals surface area contributed by atoms with Crippen molar-refractivity contribution in [3.05, 3.63) is 78.4 Å². The van der Waals surface area contributed by atoms with Gasteiger partial charge >= 0.3 is 5.97 Å². The molecule has 0 spiro atoms. The maximum atomic E-state index is 12.3. The van der Waals surface area contributed by atoms with Gasteiger partial charge < -0.3 is 10.8 Å². The van der Waals surface area contributed by atoms with E-state index in [4.69, 9.17) is 5.73 Å². The zero-order valence-corrected chi connectivity index (χ0v) is 14.2. The minimum absolute atomic E-state index is 0.0210. The van der Waals surface area contributed by atoms with Crippen LogP contribution < -0.4 is 10.6 Å². The first-order valence-electron chi connectivity index (χ1n) is 8.07. The van der Waals surface area contributed by atoms with Crippen LogP contribution >= 0.6 is 0 Å². The highest BCUT2D eigenvalue weighted by molar-refractivity contribution is 6.08. The fourth-order valence-corrected chi connectivity index (χ4v) is 2.89. The van der Waals surface area contributed by atoms with Gasteiger partial charge in [-0.15, -0.1) is 0 Å². The van der Waals surface area contributed by atoms with E-state index < -0.39 is 5.97 Å². The zero-order valence-electron chi connectivity index (χ0n) is 14.2. The number of carboxylic acids is 1. The van der Waals surface area contributed by atoms with E-state index in [1.165, 1.54) is 17.9 Å². The number of anilines is 3. The summed E-state index contributed by atoms with van der Waals surface area (Å²) < 4.78 is 0. The number of aromatic carboxylic acids is 1. The molecule has 0 radical (unpaired) electrons. The van der Waals surface area contributed by atoms with Gasteiger partial charge in [-0.25, -0.2) is 4.79 Å². The Bertz CT molecular complexity index is 951. The van der Waals surface area contributed by atoms with E-state index in [9.17, 15) is 14.7 Å². The van der Waals surface area contributed by atoms with Crippen molar-refractivity contribution in [2.75, 3.05) is 10.6 Å². The Labute approximate surface area is 151 Å². The third-order valence-electron chi connectivity index (χ3n) is 4.07. The summed E-state index contributed by atoms with van der Waals surface area (Å²) in [7, 11) is 0. The van der Waals surface area contributed by atoms with Crippen LogP contribution in [-0.2, 0) is 4.79 Å². The molecule has 3 rings (SSSR count). The number of benzene rings is 3. The fraction of sp³-hybridized carbons (Fsp3) is 0.0476. The number of para-hydroxylation sites is 1. The predicted octanol–water partition coefficient (Wildman–Crippen LogP) is 4.32. The topological polar surface area (TPSA) is 83.6 Å². The molecule has 0 atom stereocenters. The normalized spacial score (nSPS) is 10.3. The van der Waals surface area contributed by atoms with E-state index in [1.54, 1.807) is 24.3 Å². The summed E-state index contributed by atoms with van der Waals surface area (Å²) in [5, 5.41) is 9.47. The van der Waals surface area contributed by atoms with Crippen molar-refractivity contribution in [2.45, 2.75) is 6.92 Å². The lowest BCUT2D eigenvalue weighted by molar-refractivity contribution is -0.115. The Kier molecular flexibility index (Phi) is 4.71. The number of nitrogens with zero attached hydrogens (tertiary/aromatic N) is 1. The van der Waals surface area contributed by atoms with Crippen LogP contribution in [0.1, 0.15) is 17.3 Å². The van der Waals surface area contributed by atoms with Crippen LogP contribution in [0, 0.1) is 0 Å². The second-order valence-electron chi connectivity index (χ2n) is 5.82. The van der Waals surface area contributed by atoms with E-state index in [0.29, 0.717) is 5.69 Å². The van der Waals surface area contributed by atoms with Crippen molar-refractivity contribution in [3.63, 3.8) is 0 Å². The molecule has 0 heterocycles. The first-order chi connectivity index (χ1) is 12.5. The summed E-state index contributed by atoms with van der Waals surface area (Å²) in [6, 6.07) is 21.7. The van der Waals surface area contributed by atoms with Gasteiger partial charge in [0.05, 0.1) is 16.9 Å². The van der Waals surface area contributed by atoms with Gasteiger partial charge in [-0.1, -0.05) is 48.5 Å². The molecule has 0 unspecified atom stereocenters. The highest BCUT2D eigenvalue weighted by atomic mass is 16.4. The number of hydrogen-bond donors (Lipinski definition) is 2. The van der Waals surface area contributed by atoms with Gasteiger partial charge in [-0.2, -0.15) is 0 Å². The Morgan fingerprint density at radius 1 is 0.846 bits per heavy atom. The summed E-state index contributed by atoms with van der Waals surface area (Å²) in [4.78, 5) is 25.2. The molecule has 0 fully saturated rings. The van der Waals surface area contributed by atoms with E-state index in [0.717, 1.165) is 11.1 Å². The number of carbonyl (C=O) groups is 2. The van der Waals surface area contributed by atoms with Crippen LogP contribution in [0.2, 0.25) is 0 Å². The highest BCUT2D eigenvalue weighted by Gasteiger charge is 2.23. The average molecular weight is 346 g/mol. The van der Waals surface area contributed by atoms with Gasteiger partial charge in [-0.3, -0.25) is 9.69 Å². The molecule has 5 nitrogen and oxygen atoms in total. The second kappa shape index (κ2) is 7.11. The molecule has 0 aromatic heterocycles. The Hall–Kier alpha value is -3.60. The van der Waals surface area contributed by atoms with Crippen molar-refractivity contribution in [3.8, 4) is 11.1 Å². The SMILES string of the molecule is CC(=O)N(c1ccc(-c2ccccc2)cc1)c1c(N)cccc1C(=O)O. The zero-order chi connectivity index (χ0) is 18.7. The molecular formula is C21H18N2O3. The quantitative estimate of drug-likeness (QED) is 0.689. The van der Waals surface area contributed by atoms with Gasteiger partial charge in [0.15, 0.2) is 0 Å². The van der Waals surface area contributed by atoms with Crippen LogP contribution in [-0.4, -0.2) is 17.0 Å². The lowest BCUT2D eigenvalue weighted by atomic mass is 10.0. The van der Waals surface area contributed by atoms with Crippen molar-refractivity contribution < 1.29 is 14.7 Å². The number of rotatable bonds is 4. The average Bonchev–Trinajstić information content (AvgIpc) is 2.64. The van der Waals surface area contributed by atoms with Gasteiger partial charge in [0.2, 0.25) is 5.91 Å². The lowest BCUT2D eigenvalue weighted by Crippen LogP contribution is -2.26. The number of carbonyl (C=O) groups excluding carboxylic acids is 1. The van der Waals surface area contributed by atoms with Crippen molar-refractivity contribution in [1.29, 1.82) is 0 Å². The van der Waals surface area contributed by atoms with Crippen molar-refractivity contribution in [2.24, 2.45) is 0 Å². The molecule has 5 heteroatoms. The number of nitrogen functional groups attached to an aromatic ring is 1. The third-order valence-corrected chi connectivity index (χ3v) is 4.07. The smallest absolute Gasteiger partial charge is 0.337 e. The minimum atomic E-state index is -1.14. The molecule has 3 aromatic carbocycles. The summed E-state index contributed by atoms with van der Waals surface area (Å²) >= 11 is 0. The Morgan fingerprint density at radius 2 is 1.46 bits per heavy atom. The van der Waals surface area contributed by atoms with Gasteiger partial charge in [0.25, 0.3) is 0 Å². The molecule has 26 heavy (non-hydrogen) atoms. The molecule has 0 saturated carbocycles. The van der Waals surface area contributed by atoms with Crippen molar-refractivity contribution in [1.82, 2.24) is 0 Å². The maximum Gasteiger partial charge on any atom is 0.337 e. The molecule has 0 bridgehead atoms. The van der Waals surface area contributed by atoms with E-state index >= 15 is 0 Å². The molecule has 3 aromatic rings. The largest absolute Gasteiger partial charge is 0.478 e. The fourth-order valence-electron chi connectivity index (χ4n) is 2.89. The third kappa shape index (κ3) is 3.28. The number of amides is 1. The van der Waals surface area contributed by atoms with Crippen LogP contribution in [0.3, 0.4) is 0 Å². The van der Waals surface area contributed by atoms with Crippen LogP contribution in [0.5, 0.6) is 0 Å². The maximum absolute atomic E-state index is 12.3. The Morgan fingerprint density at radius 3 is 2.04 bits per heavy atom. The Balaban J connectivity index is 2.08. The molecular weight excluding hydrogens is 328 g/mol. The number of hydrogen-bond acceptors (Lipinski definition) is 3. The molecule has 0 saturated heterocycles. The monoisotopic (exact) mass is 346 g/mol. The molecule has 3 N–H and O–H groups in total. The summed E-state index contributed by atoms with van der Waals surface area (Å²) in [5.74, 6) is -1.46. The van der Waals surface area contributed by atoms with Gasteiger partial charge in [-0.05, 0) is 35.4 Å². The molecule has 130 valence electrons. The second-order valence-corrected chi connectivity index (χ2v) is 5.82. The summed E-state index contributed by atoms with van der Waals surface area (Å²) in [6.07, 6.45) is 0. The lowest BCUT2D eigenvalue weighted by Gasteiger charge is -2.24. The highest BCUT2D eigenvalue weighted by Crippen LogP contribution is 2.35. The molecule has 0 aliphatic heterocycles. The van der Waals surface area contributed by atoms with Gasteiger partial charge in [0.1, 0.15) is 0 Å². The van der Waals surface area contributed by atoms with E-state index in [1.807, 2.05) is 42.5 Å². The summed E-state index contributed by atoms with van der Waals surface area (Å²) in [6.45, 7) is 1.38. The molecule has 0 aliphatic carbocycles. The van der Waals surface area contributed by atoms with E-state index in [2.05, 4.69) is 0 Å². The van der Waals surface area contributed by atoms with Crippen LogP contribution in [0.15, 0.2) is 72.8 Å². The van der Waals surface area contributed by atoms with Crippen LogP contribution in [0.4, 0.5) is 17.1 Å². The first kappa shape index (κ1) is 17.2. The minimum Gasteiger partial charge on any atom is -0.478 e. The first-order valence-corrected chi connectivity index (χ1v) is 8.07. The molecule has 0 aliphatic rings.